The number of nitrogens with one attached hydrogen (secondary N) is 2. The smallest absolute Gasteiger partial charge is 0.241 e. The second-order valence-corrected chi connectivity index (χ2v) is 7.37. The first-order valence-electron chi connectivity index (χ1n) is 8.47. The van der Waals surface area contributed by atoms with Crippen molar-refractivity contribution in [3.8, 4) is 0 Å². The Hall–Kier alpha value is -0.620. The maximum Gasteiger partial charge on any atom is 0.241 e. The average Bonchev–Trinajstić information content (AvgIpc) is 2.55. The molecule has 1 aromatic carbocycles. The fraction of sp³-hybridized carbons (Fsp3) is 0.611. The number of amides is 1. The van der Waals surface area contributed by atoms with E-state index in [9.17, 15) is 4.79 Å². The molecule has 1 aliphatic rings. The third-order valence-corrected chi connectivity index (χ3v) is 5.42. The van der Waals surface area contributed by atoms with Crippen LogP contribution >= 0.6 is 28.3 Å². The predicted octanol–water partition coefficient (Wildman–Crippen LogP) is 3.83. The van der Waals surface area contributed by atoms with Crippen LogP contribution in [0, 0.1) is 12.8 Å². The first kappa shape index (κ1) is 21.4. The van der Waals surface area contributed by atoms with E-state index >= 15 is 0 Å². The van der Waals surface area contributed by atoms with E-state index in [1.807, 2.05) is 39.1 Å². The van der Waals surface area contributed by atoms with Gasteiger partial charge in [-0.25, -0.2) is 0 Å². The highest BCUT2D eigenvalue weighted by Crippen LogP contribution is 2.25. The summed E-state index contributed by atoms with van der Waals surface area (Å²) < 4.78 is 0.934. The molecular formula is C18H29BrClN3O. The molecule has 2 rings (SSSR count). The number of piperidine rings is 1. The molecule has 1 amide bonds. The number of rotatable bonds is 6. The van der Waals surface area contributed by atoms with E-state index in [4.69, 9.17) is 0 Å². The van der Waals surface area contributed by atoms with Crippen molar-refractivity contribution in [3.05, 3.63) is 28.2 Å². The standard InChI is InChI=1S/C18H28BrN3O.ClH/c1-13-4-5-17(16(19)12-13)21-18(23)14(2)22-10-7-15(8-11-22)6-9-20-3;/h4-5,12,14-15,20H,6-11H2,1-3H3,(H,21,23);1H. The van der Waals surface area contributed by atoms with Crippen molar-refractivity contribution in [3.63, 3.8) is 0 Å². The zero-order valence-electron chi connectivity index (χ0n) is 14.8. The highest BCUT2D eigenvalue weighted by Gasteiger charge is 2.26. The van der Waals surface area contributed by atoms with Gasteiger partial charge in [0.25, 0.3) is 0 Å². The van der Waals surface area contributed by atoms with Crippen LogP contribution in [0.2, 0.25) is 0 Å². The molecule has 6 heteroatoms. The van der Waals surface area contributed by atoms with Crippen molar-refractivity contribution >= 4 is 39.9 Å². The zero-order chi connectivity index (χ0) is 16.8. The Morgan fingerprint density at radius 3 is 2.62 bits per heavy atom. The van der Waals surface area contributed by atoms with Crippen LogP contribution in [0.25, 0.3) is 0 Å². The Morgan fingerprint density at radius 1 is 1.38 bits per heavy atom. The lowest BCUT2D eigenvalue weighted by Crippen LogP contribution is -2.46. The SMILES string of the molecule is CNCCC1CCN(C(C)C(=O)Nc2ccc(C)cc2Br)CC1.Cl. The number of likely N-dealkylation sites (tertiary alicyclic amines) is 1. The summed E-state index contributed by atoms with van der Waals surface area (Å²) in [6, 6.07) is 5.90. The topological polar surface area (TPSA) is 44.4 Å². The highest BCUT2D eigenvalue weighted by atomic mass is 79.9. The van der Waals surface area contributed by atoms with Crippen molar-refractivity contribution < 1.29 is 4.79 Å². The fourth-order valence-corrected chi connectivity index (χ4v) is 3.69. The molecule has 1 fully saturated rings. The summed E-state index contributed by atoms with van der Waals surface area (Å²) in [7, 11) is 2.00. The van der Waals surface area contributed by atoms with E-state index in [1.54, 1.807) is 0 Å². The van der Waals surface area contributed by atoms with E-state index in [-0.39, 0.29) is 24.4 Å². The normalized spacial score (nSPS) is 17.2. The predicted molar refractivity (Wildman–Crippen MR) is 107 cm³/mol. The summed E-state index contributed by atoms with van der Waals surface area (Å²) in [5.74, 6) is 0.864. The summed E-state index contributed by atoms with van der Waals surface area (Å²) in [6.45, 7) is 7.15. The molecule has 136 valence electrons. The second kappa shape index (κ2) is 10.4. The summed E-state index contributed by atoms with van der Waals surface area (Å²) in [6.07, 6.45) is 3.61. The van der Waals surface area contributed by atoms with Crippen LogP contribution in [-0.2, 0) is 4.79 Å². The molecule has 2 N–H and O–H groups in total. The van der Waals surface area contributed by atoms with Crippen LogP contribution in [-0.4, -0.2) is 43.5 Å². The van der Waals surface area contributed by atoms with Gasteiger partial charge in [0.1, 0.15) is 0 Å². The van der Waals surface area contributed by atoms with Crippen molar-refractivity contribution in [2.75, 3.05) is 32.0 Å². The quantitative estimate of drug-likeness (QED) is 0.738. The number of carbonyl (C=O) groups is 1. The van der Waals surface area contributed by atoms with E-state index in [0.717, 1.165) is 35.7 Å². The molecule has 0 radical (unpaired) electrons. The maximum atomic E-state index is 12.5. The van der Waals surface area contributed by atoms with Crippen LogP contribution in [0.3, 0.4) is 0 Å². The second-order valence-electron chi connectivity index (χ2n) is 6.52. The molecule has 1 saturated heterocycles. The van der Waals surface area contributed by atoms with Gasteiger partial charge in [0.15, 0.2) is 0 Å². The molecule has 0 aromatic heterocycles. The Kier molecular flexibility index (Phi) is 9.27. The van der Waals surface area contributed by atoms with Crippen LogP contribution in [0.5, 0.6) is 0 Å². The molecule has 24 heavy (non-hydrogen) atoms. The average molecular weight is 419 g/mol. The van der Waals surface area contributed by atoms with Crippen molar-refractivity contribution in [2.45, 2.75) is 39.2 Å². The van der Waals surface area contributed by atoms with Gasteiger partial charge in [-0.15, -0.1) is 12.4 Å². The largest absolute Gasteiger partial charge is 0.324 e. The van der Waals surface area contributed by atoms with Gasteiger partial charge in [-0.3, -0.25) is 9.69 Å². The first-order valence-corrected chi connectivity index (χ1v) is 9.26. The van der Waals surface area contributed by atoms with Crippen molar-refractivity contribution in [1.29, 1.82) is 0 Å². The van der Waals surface area contributed by atoms with Gasteiger partial charge in [-0.1, -0.05) is 6.07 Å². The lowest BCUT2D eigenvalue weighted by Gasteiger charge is -2.35. The molecule has 0 spiro atoms. The van der Waals surface area contributed by atoms with E-state index < -0.39 is 0 Å². The van der Waals surface area contributed by atoms with Crippen LogP contribution in [0.1, 0.15) is 31.7 Å². The molecule has 4 nitrogen and oxygen atoms in total. The molecular weight excluding hydrogens is 390 g/mol. The Bertz CT molecular complexity index is 533. The van der Waals surface area contributed by atoms with Gasteiger partial charge >= 0.3 is 0 Å². The number of anilines is 1. The minimum absolute atomic E-state index is 0. The third-order valence-electron chi connectivity index (χ3n) is 4.76. The van der Waals surface area contributed by atoms with Crippen LogP contribution in [0.4, 0.5) is 5.69 Å². The fourth-order valence-electron chi connectivity index (χ4n) is 3.10. The van der Waals surface area contributed by atoms with Gasteiger partial charge in [0.05, 0.1) is 11.7 Å². The number of carbonyl (C=O) groups excluding carboxylic acids is 1. The minimum atomic E-state index is -0.0894. The third kappa shape index (κ3) is 6.03. The summed E-state index contributed by atoms with van der Waals surface area (Å²) in [5.41, 5.74) is 2.02. The molecule has 0 aliphatic carbocycles. The minimum Gasteiger partial charge on any atom is -0.324 e. The number of nitrogens with zero attached hydrogens (tertiary/aromatic N) is 1. The number of aryl methyl sites for hydroxylation is 1. The number of hydrogen-bond donors (Lipinski definition) is 2. The van der Waals surface area contributed by atoms with Gasteiger partial charge < -0.3 is 10.6 Å². The Morgan fingerprint density at radius 2 is 2.04 bits per heavy atom. The lowest BCUT2D eigenvalue weighted by atomic mass is 9.93. The van der Waals surface area contributed by atoms with Gasteiger partial charge in [-0.05, 0) is 99.3 Å². The number of benzene rings is 1. The van der Waals surface area contributed by atoms with Gasteiger partial charge in [0, 0.05) is 4.47 Å². The summed E-state index contributed by atoms with van der Waals surface area (Å²) >= 11 is 3.52. The van der Waals surface area contributed by atoms with Crippen molar-refractivity contribution in [1.82, 2.24) is 10.2 Å². The Balaban J connectivity index is 0.00000288. The number of halogens is 2. The van der Waals surface area contributed by atoms with Crippen LogP contribution < -0.4 is 10.6 Å². The van der Waals surface area contributed by atoms with Crippen molar-refractivity contribution in [2.24, 2.45) is 5.92 Å². The van der Waals surface area contributed by atoms with E-state index in [0.29, 0.717) is 0 Å². The summed E-state index contributed by atoms with van der Waals surface area (Å²) in [4.78, 5) is 14.8. The maximum absolute atomic E-state index is 12.5. The van der Waals surface area contributed by atoms with Gasteiger partial charge in [0.2, 0.25) is 5.91 Å². The molecule has 0 bridgehead atoms. The highest BCUT2D eigenvalue weighted by molar-refractivity contribution is 9.10. The van der Waals surface area contributed by atoms with Gasteiger partial charge in [-0.2, -0.15) is 0 Å². The zero-order valence-corrected chi connectivity index (χ0v) is 17.2. The molecule has 1 heterocycles. The molecule has 1 atom stereocenters. The monoisotopic (exact) mass is 417 g/mol. The molecule has 0 saturated carbocycles. The Labute approximate surface area is 160 Å². The molecule has 1 unspecified atom stereocenters. The molecule has 1 aromatic rings. The lowest BCUT2D eigenvalue weighted by molar-refractivity contribution is -0.121. The number of hydrogen-bond acceptors (Lipinski definition) is 3. The van der Waals surface area contributed by atoms with E-state index in [1.165, 1.54) is 24.8 Å². The first-order chi connectivity index (χ1) is 11.0. The van der Waals surface area contributed by atoms with E-state index in [2.05, 4.69) is 31.5 Å². The molecule has 1 aliphatic heterocycles. The summed E-state index contributed by atoms with van der Waals surface area (Å²) in [5, 5.41) is 6.26. The van der Waals surface area contributed by atoms with Crippen LogP contribution in [0.15, 0.2) is 22.7 Å².